The van der Waals surface area contributed by atoms with Gasteiger partial charge in [-0.05, 0) is 49.6 Å². The van der Waals surface area contributed by atoms with Crippen molar-refractivity contribution in [1.82, 2.24) is 0 Å². The van der Waals surface area contributed by atoms with Gasteiger partial charge in [0.1, 0.15) is 17.3 Å². The predicted octanol–water partition coefficient (Wildman–Crippen LogP) is 6.56. The van der Waals surface area contributed by atoms with Crippen molar-refractivity contribution < 1.29 is 14.6 Å². The molecule has 1 heterocycles. The van der Waals surface area contributed by atoms with E-state index >= 15 is 0 Å². The first-order chi connectivity index (χ1) is 17.0. The van der Waals surface area contributed by atoms with E-state index in [0.717, 1.165) is 28.9 Å². The molecule has 0 saturated carbocycles. The number of para-hydroxylation sites is 1. The number of methoxy groups -OCH3 is 1. The van der Waals surface area contributed by atoms with E-state index in [2.05, 4.69) is 0 Å². The standard InChI is InChI=1S/C30H28N2O3/c1-19-11-13-21(14-12-19)29(34)28-26(20-15-17-23(35-2)18-16-20)27-24(9-6-10-25(27)33)32(30(28)31)22-7-4-3-5-8-22/h3-5,7-8,11-18,26,31,34H,6,9-10H2,1-2H3/t26-/m1/s1. The van der Waals surface area contributed by atoms with Crippen LogP contribution >= 0.6 is 0 Å². The number of aliphatic hydroxyl groups excluding tert-OH is 1. The maximum absolute atomic E-state index is 13.5. The topological polar surface area (TPSA) is 73.6 Å². The summed E-state index contributed by atoms with van der Waals surface area (Å²) in [6, 6.07) is 24.8. The number of benzene rings is 3. The number of aliphatic hydroxyl groups is 1. The van der Waals surface area contributed by atoms with Crippen molar-refractivity contribution in [2.45, 2.75) is 32.1 Å². The molecule has 5 rings (SSSR count). The summed E-state index contributed by atoms with van der Waals surface area (Å²) in [5.41, 5.74) is 5.29. The zero-order chi connectivity index (χ0) is 24.5. The number of hydrogen-bond acceptors (Lipinski definition) is 4. The van der Waals surface area contributed by atoms with Crippen molar-refractivity contribution in [2.75, 3.05) is 12.0 Å². The van der Waals surface area contributed by atoms with Crippen LogP contribution in [0, 0.1) is 12.3 Å². The highest BCUT2D eigenvalue weighted by atomic mass is 16.5. The molecule has 0 bridgehead atoms. The smallest absolute Gasteiger partial charge is 0.161 e. The summed E-state index contributed by atoms with van der Waals surface area (Å²) in [5, 5.41) is 21.0. The minimum Gasteiger partial charge on any atom is -0.507 e. The second-order valence-corrected chi connectivity index (χ2v) is 8.99. The molecular weight excluding hydrogens is 436 g/mol. The van der Waals surface area contributed by atoms with Gasteiger partial charge in [-0.2, -0.15) is 0 Å². The third-order valence-corrected chi connectivity index (χ3v) is 6.80. The Morgan fingerprint density at radius 3 is 2.31 bits per heavy atom. The van der Waals surface area contributed by atoms with E-state index in [9.17, 15) is 15.3 Å². The van der Waals surface area contributed by atoms with E-state index in [-0.39, 0.29) is 17.4 Å². The molecule has 0 fully saturated rings. The van der Waals surface area contributed by atoms with Crippen LogP contribution in [-0.4, -0.2) is 23.8 Å². The molecule has 1 aliphatic heterocycles. The molecule has 2 aliphatic rings. The van der Waals surface area contributed by atoms with Gasteiger partial charge in [-0.25, -0.2) is 0 Å². The van der Waals surface area contributed by atoms with E-state index in [4.69, 9.17) is 4.74 Å². The fourth-order valence-corrected chi connectivity index (χ4v) is 5.05. The number of carbonyl (C=O) groups is 1. The SMILES string of the molecule is COc1ccc([C@H]2C(=C(O)c3ccc(C)cc3)C(=N)N(c3ccccc3)C3=C2C(=O)CCC3)cc1. The van der Waals surface area contributed by atoms with Crippen molar-refractivity contribution in [3.63, 3.8) is 0 Å². The third kappa shape index (κ3) is 4.03. The summed E-state index contributed by atoms with van der Waals surface area (Å²) in [6.07, 6.45) is 1.90. The number of nitrogens with zero attached hydrogens (tertiary/aromatic N) is 1. The molecule has 0 radical (unpaired) electrons. The first-order valence-electron chi connectivity index (χ1n) is 11.8. The Balaban J connectivity index is 1.81. The molecule has 0 spiro atoms. The lowest BCUT2D eigenvalue weighted by molar-refractivity contribution is -0.116. The van der Waals surface area contributed by atoms with Gasteiger partial charge in [0.15, 0.2) is 5.78 Å². The van der Waals surface area contributed by atoms with Gasteiger partial charge >= 0.3 is 0 Å². The summed E-state index contributed by atoms with van der Waals surface area (Å²) in [6.45, 7) is 1.99. The van der Waals surface area contributed by atoms with Crippen LogP contribution in [0.25, 0.3) is 5.76 Å². The van der Waals surface area contributed by atoms with Gasteiger partial charge < -0.3 is 9.84 Å². The number of nitrogens with one attached hydrogen (secondary N) is 1. The Labute approximate surface area is 205 Å². The highest BCUT2D eigenvalue weighted by molar-refractivity contribution is 6.19. The normalized spacial score (nSPS) is 19.5. The van der Waals surface area contributed by atoms with Crippen LogP contribution in [0.1, 0.15) is 41.9 Å². The Hall–Kier alpha value is -4.12. The number of amidine groups is 1. The number of aryl methyl sites for hydroxylation is 1. The van der Waals surface area contributed by atoms with Crippen LogP contribution in [0.2, 0.25) is 0 Å². The van der Waals surface area contributed by atoms with Gasteiger partial charge in [-0.3, -0.25) is 15.1 Å². The van der Waals surface area contributed by atoms with Gasteiger partial charge in [0.2, 0.25) is 0 Å². The van der Waals surface area contributed by atoms with Crippen molar-refractivity contribution in [2.24, 2.45) is 0 Å². The van der Waals surface area contributed by atoms with Crippen molar-refractivity contribution in [3.8, 4) is 5.75 Å². The average molecular weight is 465 g/mol. The molecule has 0 amide bonds. The van der Waals surface area contributed by atoms with E-state index < -0.39 is 5.92 Å². The van der Waals surface area contributed by atoms with Crippen molar-refractivity contribution >= 4 is 23.1 Å². The summed E-state index contributed by atoms with van der Waals surface area (Å²) >= 11 is 0. The summed E-state index contributed by atoms with van der Waals surface area (Å²) in [4.78, 5) is 15.3. The predicted molar refractivity (Wildman–Crippen MR) is 139 cm³/mol. The van der Waals surface area contributed by atoms with Crippen LogP contribution in [0.5, 0.6) is 5.75 Å². The molecule has 0 unspecified atom stereocenters. The number of allylic oxidation sites excluding steroid dienone is 2. The average Bonchev–Trinajstić information content (AvgIpc) is 2.89. The summed E-state index contributed by atoms with van der Waals surface area (Å²) in [5.74, 6) is 0.431. The van der Waals surface area contributed by atoms with Crippen LogP contribution in [0.4, 0.5) is 5.69 Å². The maximum Gasteiger partial charge on any atom is 0.161 e. The highest BCUT2D eigenvalue weighted by Gasteiger charge is 2.43. The lowest BCUT2D eigenvalue weighted by Gasteiger charge is -2.41. The number of carbonyl (C=O) groups excluding carboxylic acids is 1. The summed E-state index contributed by atoms with van der Waals surface area (Å²) < 4.78 is 5.34. The lowest BCUT2D eigenvalue weighted by atomic mass is 9.73. The molecule has 1 atom stereocenters. The quantitative estimate of drug-likeness (QED) is 0.429. The Bertz CT molecular complexity index is 1340. The van der Waals surface area contributed by atoms with Gasteiger partial charge in [0.05, 0.1) is 7.11 Å². The fourth-order valence-electron chi connectivity index (χ4n) is 5.05. The summed E-state index contributed by atoms with van der Waals surface area (Å²) in [7, 11) is 1.61. The minimum absolute atomic E-state index is 0.0154. The molecule has 3 aromatic rings. The largest absolute Gasteiger partial charge is 0.507 e. The number of anilines is 1. The molecule has 0 aromatic heterocycles. The third-order valence-electron chi connectivity index (χ3n) is 6.80. The Morgan fingerprint density at radius 1 is 0.971 bits per heavy atom. The van der Waals surface area contributed by atoms with E-state index in [0.29, 0.717) is 35.3 Å². The molecular formula is C30H28N2O3. The number of ether oxygens (including phenoxy) is 1. The first-order valence-corrected chi connectivity index (χ1v) is 11.8. The molecule has 176 valence electrons. The maximum atomic E-state index is 13.5. The van der Waals surface area contributed by atoms with Gasteiger partial charge in [-0.1, -0.05) is 60.2 Å². The molecule has 1 aliphatic carbocycles. The van der Waals surface area contributed by atoms with Crippen molar-refractivity contribution in [3.05, 3.63) is 112 Å². The Morgan fingerprint density at radius 2 is 1.66 bits per heavy atom. The second kappa shape index (κ2) is 9.26. The fraction of sp³-hybridized carbons (Fsp3) is 0.200. The van der Waals surface area contributed by atoms with Gasteiger partial charge in [-0.15, -0.1) is 0 Å². The number of hydrogen-bond donors (Lipinski definition) is 2. The van der Waals surface area contributed by atoms with E-state index in [1.807, 2.05) is 90.7 Å². The molecule has 35 heavy (non-hydrogen) atoms. The second-order valence-electron chi connectivity index (χ2n) is 8.99. The minimum atomic E-state index is -0.544. The monoisotopic (exact) mass is 464 g/mol. The van der Waals surface area contributed by atoms with Crippen LogP contribution in [-0.2, 0) is 4.79 Å². The van der Waals surface area contributed by atoms with E-state index in [1.54, 1.807) is 7.11 Å². The molecule has 2 N–H and O–H groups in total. The van der Waals surface area contributed by atoms with Gasteiger partial charge in [0.25, 0.3) is 0 Å². The number of ketones is 1. The zero-order valence-electron chi connectivity index (χ0n) is 19.9. The molecule has 5 nitrogen and oxygen atoms in total. The number of rotatable bonds is 4. The van der Waals surface area contributed by atoms with Crippen LogP contribution in [0.3, 0.4) is 0 Å². The van der Waals surface area contributed by atoms with Crippen molar-refractivity contribution in [1.29, 1.82) is 5.41 Å². The molecule has 5 heteroatoms. The van der Waals surface area contributed by atoms with E-state index in [1.165, 1.54) is 0 Å². The molecule has 3 aromatic carbocycles. The van der Waals surface area contributed by atoms with Crippen LogP contribution in [0.15, 0.2) is 95.7 Å². The Kier molecular flexibility index (Phi) is 6.00. The first kappa shape index (κ1) is 22.7. The number of Topliss-reactive ketones (excluding diaryl/α,β-unsaturated/α-hetero) is 1. The molecule has 0 saturated heterocycles. The zero-order valence-corrected chi connectivity index (χ0v) is 19.9. The van der Waals surface area contributed by atoms with Crippen LogP contribution < -0.4 is 9.64 Å². The highest BCUT2D eigenvalue weighted by Crippen LogP contribution is 2.48. The van der Waals surface area contributed by atoms with Gasteiger partial charge in [0, 0.05) is 40.4 Å². The lowest BCUT2D eigenvalue weighted by Crippen LogP contribution is -2.42.